The number of nitrogens with zero attached hydrogens (tertiary/aromatic N) is 2. The van der Waals surface area contributed by atoms with E-state index < -0.39 is 23.4 Å². The van der Waals surface area contributed by atoms with Crippen molar-refractivity contribution in [1.82, 2.24) is 5.32 Å². The van der Waals surface area contributed by atoms with Gasteiger partial charge in [-0.2, -0.15) is 13.2 Å². The number of hydrogen-bond donors (Lipinski definition) is 2. The first kappa shape index (κ1) is 23.3. The summed E-state index contributed by atoms with van der Waals surface area (Å²) in [6.45, 7) is 7.83. The fraction of sp³-hybridized carbons (Fsp3) is 0.682. The van der Waals surface area contributed by atoms with Gasteiger partial charge >= 0.3 is 12.3 Å². The molecular formula is C22H33F3N4O2. The number of nitrogens with two attached hydrogens (primary N) is 1. The number of rotatable bonds is 4. The van der Waals surface area contributed by atoms with Gasteiger partial charge in [0.05, 0.1) is 17.1 Å². The fourth-order valence-corrected chi connectivity index (χ4v) is 4.41. The first-order chi connectivity index (χ1) is 14.5. The quantitative estimate of drug-likeness (QED) is 0.666. The molecule has 174 valence electrons. The molecule has 2 saturated heterocycles. The van der Waals surface area contributed by atoms with Crippen LogP contribution >= 0.6 is 0 Å². The van der Waals surface area contributed by atoms with Gasteiger partial charge in [0, 0.05) is 32.7 Å². The van der Waals surface area contributed by atoms with Crippen LogP contribution in [0, 0.1) is 5.92 Å². The second kappa shape index (κ2) is 9.04. The van der Waals surface area contributed by atoms with Crippen molar-refractivity contribution in [2.24, 2.45) is 5.92 Å². The van der Waals surface area contributed by atoms with Crippen molar-refractivity contribution >= 4 is 23.2 Å². The standard InChI is InChI=1S/C22H33F3N4O2/c1-21(2,3)31-20(30)27-13-15-7-6-12-29(14-15)19-16(26)8-9-17(18(19)22(23,24)25)28-10-4-5-11-28/h8-9,15H,4-7,10-14,26H2,1-3H3,(H,27,30)/t15-/m0/s1. The Kier molecular flexibility index (Phi) is 6.81. The molecule has 0 radical (unpaired) electrons. The van der Waals surface area contributed by atoms with Crippen molar-refractivity contribution in [3.8, 4) is 0 Å². The van der Waals surface area contributed by atoms with Crippen molar-refractivity contribution in [1.29, 1.82) is 0 Å². The molecule has 9 heteroatoms. The van der Waals surface area contributed by atoms with Gasteiger partial charge in [0.15, 0.2) is 0 Å². The monoisotopic (exact) mass is 442 g/mol. The summed E-state index contributed by atoms with van der Waals surface area (Å²) in [7, 11) is 0. The highest BCUT2D eigenvalue weighted by molar-refractivity contribution is 5.80. The summed E-state index contributed by atoms with van der Waals surface area (Å²) >= 11 is 0. The first-order valence-corrected chi connectivity index (χ1v) is 10.9. The van der Waals surface area contributed by atoms with Gasteiger partial charge in [0.1, 0.15) is 11.2 Å². The van der Waals surface area contributed by atoms with Crippen LogP contribution < -0.4 is 20.9 Å². The van der Waals surface area contributed by atoms with Gasteiger partial charge < -0.3 is 25.6 Å². The Labute approximate surface area is 181 Å². The Balaban J connectivity index is 1.81. The molecule has 1 aromatic carbocycles. The number of alkyl halides is 3. The van der Waals surface area contributed by atoms with Gasteiger partial charge in [0.25, 0.3) is 0 Å². The van der Waals surface area contributed by atoms with E-state index in [1.807, 2.05) is 0 Å². The van der Waals surface area contributed by atoms with Crippen LogP contribution in [0.25, 0.3) is 0 Å². The Bertz CT molecular complexity index is 786. The molecular weight excluding hydrogens is 409 g/mol. The third-order valence-corrected chi connectivity index (χ3v) is 5.69. The number of amides is 1. The van der Waals surface area contributed by atoms with E-state index in [4.69, 9.17) is 10.5 Å². The van der Waals surface area contributed by atoms with E-state index in [0.717, 1.165) is 25.7 Å². The maximum absolute atomic E-state index is 14.2. The molecule has 2 aliphatic heterocycles. The molecule has 1 amide bonds. The minimum atomic E-state index is -4.51. The highest BCUT2D eigenvalue weighted by Gasteiger charge is 2.41. The third-order valence-electron chi connectivity index (χ3n) is 5.69. The Morgan fingerprint density at radius 1 is 1.13 bits per heavy atom. The molecule has 31 heavy (non-hydrogen) atoms. The van der Waals surface area contributed by atoms with Crippen LogP contribution in [0.15, 0.2) is 12.1 Å². The molecule has 3 rings (SSSR count). The molecule has 6 nitrogen and oxygen atoms in total. The number of piperidine rings is 1. The molecule has 1 aromatic rings. The molecule has 0 unspecified atom stereocenters. The van der Waals surface area contributed by atoms with Gasteiger partial charge in [-0.05, 0) is 64.5 Å². The van der Waals surface area contributed by atoms with Crippen LogP contribution in [-0.2, 0) is 10.9 Å². The molecule has 2 aliphatic rings. The number of halogens is 3. The number of nitrogens with one attached hydrogen (secondary N) is 1. The maximum atomic E-state index is 14.2. The van der Waals surface area contributed by atoms with Crippen molar-refractivity contribution < 1.29 is 22.7 Å². The van der Waals surface area contributed by atoms with Crippen LogP contribution in [0.1, 0.15) is 52.0 Å². The summed E-state index contributed by atoms with van der Waals surface area (Å²) in [5.41, 5.74) is 5.27. The smallest absolute Gasteiger partial charge is 0.420 e. The lowest BCUT2D eigenvalue weighted by atomic mass is 9.95. The van der Waals surface area contributed by atoms with Crippen molar-refractivity contribution in [3.63, 3.8) is 0 Å². The average molecular weight is 443 g/mol. The zero-order valence-electron chi connectivity index (χ0n) is 18.5. The van der Waals surface area contributed by atoms with Gasteiger partial charge in [-0.15, -0.1) is 0 Å². The maximum Gasteiger partial charge on any atom is 0.420 e. The summed E-state index contributed by atoms with van der Waals surface area (Å²) < 4.78 is 47.9. The number of benzene rings is 1. The van der Waals surface area contributed by atoms with Crippen LogP contribution in [-0.4, -0.2) is 44.4 Å². The van der Waals surface area contributed by atoms with Crippen molar-refractivity contribution in [2.45, 2.75) is 58.2 Å². The van der Waals surface area contributed by atoms with Crippen LogP contribution in [0.2, 0.25) is 0 Å². The summed E-state index contributed by atoms with van der Waals surface area (Å²) in [4.78, 5) is 15.5. The SMILES string of the molecule is CC(C)(C)OC(=O)NC[C@@H]1CCCN(c2c(N)ccc(N3CCCC3)c2C(F)(F)F)C1. The molecule has 0 spiro atoms. The summed E-state index contributed by atoms with van der Waals surface area (Å²) in [5.74, 6) is 0.0113. The zero-order chi connectivity index (χ0) is 22.8. The molecule has 3 N–H and O–H groups in total. The average Bonchev–Trinajstić information content (AvgIpc) is 3.19. The lowest BCUT2D eigenvalue weighted by Gasteiger charge is -2.38. The number of carbonyl (C=O) groups excluding carboxylic acids is 1. The van der Waals surface area contributed by atoms with Crippen LogP contribution in [0.4, 0.5) is 35.0 Å². The molecule has 2 fully saturated rings. The van der Waals surface area contributed by atoms with E-state index in [-0.39, 0.29) is 23.0 Å². The van der Waals surface area contributed by atoms with E-state index >= 15 is 0 Å². The minimum Gasteiger partial charge on any atom is -0.444 e. The first-order valence-electron chi connectivity index (χ1n) is 10.9. The lowest BCUT2D eigenvalue weighted by molar-refractivity contribution is -0.136. The largest absolute Gasteiger partial charge is 0.444 e. The Hall–Kier alpha value is -2.32. The third kappa shape index (κ3) is 5.89. The number of alkyl carbamates (subject to hydrolysis) is 1. The Morgan fingerprint density at radius 3 is 2.39 bits per heavy atom. The molecule has 0 saturated carbocycles. The van der Waals surface area contributed by atoms with E-state index in [9.17, 15) is 18.0 Å². The Morgan fingerprint density at radius 2 is 1.77 bits per heavy atom. The number of anilines is 3. The molecule has 0 aliphatic carbocycles. The molecule has 0 aromatic heterocycles. The van der Waals surface area contributed by atoms with Gasteiger partial charge in [-0.1, -0.05) is 0 Å². The van der Waals surface area contributed by atoms with E-state index in [1.54, 1.807) is 36.6 Å². The van der Waals surface area contributed by atoms with Crippen LogP contribution in [0.5, 0.6) is 0 Å². The van der Waals surface area contributed by atoms with Gasteiger partial charge in [-0.25, -0.2) is 4.79 Å². The van der Waals surface area contributed by atoms with Crippen LogP contribution in [0.3, 0.4) is 0 Å². The number of ether oxygens (including phenoxy) is 1. The number of hydrogen-bond acceptors (Lipinski definition) is 5. The van der Waals surface area contributed by atoms with E-state index in [2.05, 4.69) is 5.32 Å². The predicted molar refractivity (Wildman–Crippen MR) is 116 cm³/mol. The molecule has 2 heterocycles. The summed E-state index contributed by atoms with van der Waals surface area (Å²) in [5, 5.41) is 2.75. The van der Waals surface area contributed by atoms with Gasteiger partial charge in [0.2, 0.25) is 0 Å². The normalized spacial score (nSPS) is 20.1. The fourth-order valence-electron chi connectivity index (χ4n) is 4.41. The predicted octanol–water partition coefficient (Wildman–Crippen LogP) is 4.63. The highest BCUT2D eigenvalue weighted by Crippen LogP contribution is 2.47. The second-order valence-electron chi connectivity index (χ2n) is 9.43. The summed E-state index contributed by atoms with van der Waals surface area (Å²) in [6, 6.07) is 3.08. The number of carbonyl (C=O) groups is 1. The lowest BCUT2D eigenvalue weighted by Crippen LogP contribution is -2.43. The minimum absolute atomic E-state index is 0.0113. The summed E-state index contributed by atoms with van der Waals surface area (Å²) in [6.07, 6.45) is -1.70. The molecule has 0 bridgehead atoms. The van der Waals surface area contributed by atoms with E-state index in [0.29, 0.717) is 32.7 Å². The van der Waals surface area contributed by atoms with E-state index in [1.165, 1.54) is 6.07 Å². The van der Waals surface area contributed by atoms with Crippen molar-refractivity contribution in [3.05, 3.63) is 17.7 Å². The second-order valence-corrected chi connectivity index (χ2v) is 9.43. The van der Waals surface area contributed by atoms with Gasteiger partial charge in [-0.3, -0.25) is 0 Å². The van der Waals surface area contributed by atoms with Crippen molar-refractivity contribution in [2.75, 3.05) is 48.3 Å². The zero-order valence-corrected chi connectivity index (χ0v) is 18.5. The topological polar surface area (TPSA) is 70.8 Å². The number of nitrogen functional groups attached to an aromatic ring is 1. The highest BCUT2D eigenvalue weighted by atomic mass is 19.4. The molecule has 1 atom stereocenters.